The molecular weight excluding hydrogens is 438 g/mol. The molecule has 0 aliphatic carbocycles. The Labute approximate surface area is 188 Å². The fourth-order valence-corrected chi connectivity index (χ4v) is 4.78. The average molecular weight is 463 g/mol. The molecule has 1 fully saturated rings. The van der Waals surface area contributed by atoms with Crippen molar-refractivity contribution in [2.75, 3.05) is 31.6 Å². The summed E-state index contributed by atoms with van der Waals surface area (Å²) in [5.41, 5.74) is 1.87. The first-order valence-electron chi connectivity index (χ1n) is 10.4. The lowest BCUT2D eigenvalue weighted by Crippen LogP contribution is -2.39. The first kappa shape index (κ1) is 22.4. The van der Waals surface area contributed by atoms with Gasteiger partial charge < -0.3 is 19.2 Å². The lowest BCUT2D eigenvalue weighted by molar-refractivity contribution is -0.0498. The maximum atomic E-state index is 12.7. The van der Waals surface area contributed by atoms with Gasteiger partial charge in [0, 0.05) is 23.5 Å². The van der Waals surface area contributed by atoms with Crippen LogP contribution in [0.15, 0.2) is 53.1 Å². The van der Waals surface area contributed by atoms with Gasteiger partial charge in [-0.3, -0.25) is 9.69 Å². The average Bonchev–Trinajstić information content (AvgIpc) is 3.46. The van der Waals surface area contributed by atoms with Gasteiger partial charge in [0.2, 0.25) is 0 Å². The molecule has 0 bridgehead atoms. The first-order chi connectivity index (χ1) is 15.5. The van der Waals surface area contributed by atoms with Gasteiger partial charge in [-0.2, -0.15) is 8.78 Å². The predicted octanol–water partition coefficient (Wildman–Crippen LogP) is 5.18. The van der Waals surface area contributed by atoms with Crippen LogP contribution in [0.3, 0.4) is 0 Å². The summed E-state index contributed by atoms with van der Waals surface area (Å²) in [6.07, 6.45) is 2.28. The van der Waals surface area contributed by atoms with Gasteiger partial charge in [0.1, 0.15) is 10.8 Å². The molecule has 1 atom stereocenters. The van der Waals surface area contributed by atoms with E-state index in [4.69, 9.17) is 9.15 Å². The molecule has 1 amide bonds. The van der Waals surface area contributed by atoms with Crippen LogP contribution < -0.4 is 10.1 Å². The highest BCUT2D eigenvalue weighted by Crippen LogP contribution is 2.40. The molecule has 6 nitrogen and oxygen atoms in total. The predicted molar refractivity (Wildman–Crippen MR) is 118 cm³/mol. The standard InChI is InChI=1S/C23H24F2N2O4S/c1-2-17-14-18(22(32-17)26-21(28)19-4-3-11-30-19)20(27-9-12-29-13-10-27)15-5-7-16(8-6-15)31-23(24)25/h3-8,11,14,20,23H,2,9-10,12-13H2,1H3,(H,26,28). The molecule has 1 N–H and O–H groups in total. The van der Waals surface area contributed by atoms with Crippen molar-refractivity contribution in [2.24, 2.45) is 0 Å². The monoisotopic (exact) mass is 462 g/mol. The second-order valence-electron chi connectivity index (χ2n) is 7.28. The van der Waals surface area contributed by atoms with Gasteiger partial charge in [0.15, 0.2) is 5.76 Å². The number of benzene rings is 1. The topological polar surface area (TPSA) is 63.9 Å². The van der Waals surface area contributed by atoms with Crippen LogP contribution >= 0.6 is 11.3 Å². The van der Waals surface area contributed by atoms with Crippen molar-refractivity contribution in [1.82, 2.24) is 4.90 Å². The number of halogens is 2. The van der Waals surface area contributed by atoms with E-state index in [0.717, 1.165) is 27.4 Å². The molecule has 1 unspecified atom stereocenters. The van der Waals surface area contributed by atoms with Gasteiger partial charge in [0.05, 0.1) is 25.5 Å². The third-order valence-corrected chi connectivity index (χ3v) is 6.47. The number of amides is 1. The zero-order valence-corrected chi connectivity index (χ0v) is 18.4. The van der Waals surface area contributed by atoms with Crippen LogP contribution in [0, 0.1) is 0 Å². The molecule has 170 valence electrons. The molecule has 1 aliphatic rings. The van der Waals surface area contributed by atoms with Crippen molar-refractivity contribution in [2.45, 2.75) is 26.0 Å². The smallest absolute Gasteiger partial charge is 0.387 e. The van der Waals surface area contributed by atoms with E-state index in [1.165, 1.54) is 17.6 Å². The number of carbonyl (C=O) groups is 1. The van der Waals surface area contributed by atoms with E-state index in [9.17, 15) is 13.6 Å². The number of ether oxygens (including phenoxy) is 2. The third kappa shape index (κ3) is 5.17. The summed E-state index contributed by atoms with van der Waals surface area (Å²) in [6, 6.07) is 11.9. The molecule has 3 aromatic rings. The van der Waals surface area contributed by atoms with E-state index >= 15 is 0 Å². The summed E-state index contributed by atoms with van der Waals surface area (Å²) >= 11 is 1.53. The Kier molecular flexibility index (Phi) is 7.19. The van der Waals surface area contributed by atoms with Crippen LogP contribution in [0.5, 0.6) is 5.75 Å². The number of nitrogens with one attached hydrogen (secondary N) is 1. The molecule has 2 aromatic heterocycles. The van der Waals surface area contributed by atoms with Crippen molar-refractivity contribution in [3.05, 3.63) is 70.5 Å². The van der Waals surface area contributed by atoms with Crippen LogP contribution in [0.25, 0.3) is 0 Å². The number of alkyl halides is 2. The largest absolute Gasteiger partial charge is 0.459 e. The van der Waals surface area contributed by atoms with Crippen LogP contribution in [-0.4, -0.2) is 43.7 Å². The van der Waals surface area contributed by atoms with E-state index < -0.39 is 6.61 Å². The normalized spacial score (nSPS) is 15.6. The zero-order valence-electron chi connectivity index (χ0n) is 17.6. The highest BCUT2D eigenvalue weighted by atomic mass is 32.1. The van der Waals surface area contributed by atoms with E-state index in [-0.39, 0.29) is 23.5 Å². The Bertz CT molecular complexity index is 1020. The van der Waals surface area contributed by atoms with Gasteiger partial charge in [-0.25, -0.2) is 0 Å². The van der Waals surface area contributed by atoms with E-state index in [1.54, 1.807) is 36.4 Å². The number of nitrogens with zero attached hydrogens (tertiary/aromatic N) is 1. The Hall–Kier alpha value is -2.75. The lowest BCUT2D eigenvalue weighted by Gasteiger charge is -2.35. The molecule has 3 heterocycles. The minimum Gasteiger partial charge on any atom is -0.459 e. The zero-order chi connectivity index (χ0) is 22.5. The quantitative estimate of drug-likeness (QED) is 0.500. The fraction of sp³-hybridized carbons (Fsp3) is 0.348. The Balaban J connectivity index is 1.70. The molecule has 1 saturated heterocycles. The summed E-state index contributed by atoms with van der Waals surface area (Å²) in [4.78, 5) is 16.1. The van der Waals surface area contributed by atoms with Crippen molar-refractivity contribution in [3.8, 4) is 5.75 Å². The minimum atomic E-state index is -2.87. The first-order valence-corrected chi connectivity index (χ1v) is 11.2. The molecule has 1 aromatic carbocycles. The van der Waals surface area contributed by atoms with Gasteiger partial charge in [-0.15, -0.1) is 11.3 Å². The summed E-state index contributed by atoms with van der Waals surface area (Å²) in [5, 5.41) is 3.74. The number of hydrogen-bond donors (Lipinski definition) is 1. The van der Waals surface area contributed by atoms with Crippen LogP contribution in [0.4, 0.5) is 13.8 Å². The number of aryl methyl sites for hydroxylation is 1. The molecule has 0 spiro atoms. The lowest BCUT2D eigenvalue weighted by atomic mass is 9.97. The number of carbonyl (C=O) groups excluding carboxylic acids is 1. The molecular formula is C23H24F2N2O4S. The van der Waals surface area contributed by atoms with Crippen molar-refractivity contribution in [3.63, 3.8) is 0 Å². The van der Waals surface area contributed by atoms with Crippen molar-refractivity contribution >= 4 is 22.2 Å². The Morgan fingerprint density at radius 2 is 1.97 bits per heavy atom. The highest BCUT2D eigenvalue weighted by molar-refractivity contribution is 7.16. The second-order valence-corrected chi connectivity index (χ2v) is 8.42. The maximum Gasteiger partial charge on any atom is 0.387 e. The molecule has 4 rings (SSSR count). The maximum absolute atomic E-state index is 12.7. The minimum absolute atomic E-state index is 0.107. The van der Waals surface area contributed by atoms with Crippen molar-refractivity contribution in [1.29, 1.82) is 0 Å². The van der Waals surface area contributed by atoms with Crippen LogP contribution in [0.2, 0.25) is 0 Å². The van der Waals surface area contributed by atoms with Crippen LogP contribution in [-0.2, 0) is 11.2 Å². The molecule has 1 aliphatic heterocycles. The van der Waals surface area contributed by atoms with Crippen LogP contribution in [0.1, 0.15) is 39.5 Å². The van der Waals surface area contributed by atoms with E-state index in [0.29, 0.717) is 26.3 Å². The highest BCUT2D eigenvalue weighted by Gasteiger charge is 2.29. The molecule has 0 saturated carbocycles. The fourth-order valence-electron chi connectivity index (χ4n) is 3.76. The number of thiophene rings is 1. The molecule has 32 heavy (non-hydrogen) atoms. The third-order valence-electron chi connectivity index (χ3n) is 5.26. The SMILES string of the molecule is CCc1cc(C(c2ccc(OC(F)F)cc2)N2CCOCC2)c(NC(=O)c2ccco2)s1. The summed E-state index contributed by atoms with van der Waals surface area (Å²) in [5.74, 6) is 0.0244. The number of hydrogen-bond acceptors (Lipinski definition) is 6. The number of morpholine rings is 1. The number of anilines is 1. The van der Waals surface area contributed by atoms with Gasteiger partial charge in [-0.1, -0.05) is 19.1 Å². The molecule has 9 heteroatoms. The summed E-state index contributed by atoms with van der Waals surface area (Å²) in [6.45, 7) is 1.81. The van der Waals surface area contributed by atoms with Crippen molar-refractivity contribution < 1.29 is 27.5 Å². The summed E-state index contributed by atoms with van der Waals surface area (Å²) in [7, 11) is 0. The summed E-state index contributed by atoms with van der Waals surface area (Å²) < 4.78 is 40.4. The van der Waals surface area contributed by atoms with Gasteiger partial charge in [-0.05, 0) is 42.3 Å². The van der Waals surface area contributed by atoms with Gasteiger partial charge >= 0.3 is 6.61 Å². The molecule has 0 radical (unpaired) electrons. The van der Waals surface area contributed by atoms with E-state index in [1.807, 2.05) is 0 Å². The Morgan fingerprint density at radius 1 is 1.22 bits per heavy atom. The van der Waals surface area contributed by atoms with Gasteiger partial charge in [0.25, 0.3) is 5.91 Å². The number of rotatable bonds is 8. The second kappa shape index (κ2) is 10.2. The Morgan fingerprint density at radius 3 is 2.59 bits per heavy atom. The van der Waals surface area contributed by atoms with E-state index in [2.05, 4.69) is 27.9 Å². The number of furan rings is 1.